The van der Waals surface area contributed by atoms with Gasteiger partial charge in [0.15, 0.2) is 34.9 Å². The molecule has 0 amide bonds. The summed E-state index contributed by atoms with van der Waals surface area (Å²) in [6, 6.07) is 17.2. The molecule has 0 fully saturated rings. The summed E-state index contributed by atoms with van der Waals surface area (Å²) in [7, 11) is 0. The number of rotatable bonds is 3. The van der Waals surface area contributed by atoms with Crippen molar-refractivity contribution in [1.82, 2.24) is 0 Å². The zero-order chi connectivity index (χ0) is 33.7. The highest BCUT2D eigenvalue weighted by Crippen LogP contribution is 2.46. The number of para-hydroxylation sites is 1. The molecule has 1 aliphatic rings. The molecule has 0 aromatic heterocycles. The summed E-state index contributed by atoms with van der Waals surface area (Å²) in [5.41, 5.74) is -3.40. The van der Waals surface area contributed by atoms with Gasteiger partial charge in [-0.2, -0.15) is 0 Å². The highest BCUT2D eigenvalue weighted by atomic mass is 19.2. The summed E-state index contributed by atoms with van der Waals surface area (Å²) in [5.74, 6) is -25.9. The van der Waals surface area contributed by atoms with E-state index in [2.05, 4.69) is 0 Å². The molecule has 0 saturated carbocycles. The van der Waals surface area contributed by atoms with Gasteiger partial charge in [0.25, 0.3) is 0 Å². The lowest BCUT2D eigenvalue weighted by Crippen LogP contribution is -3.20. The summed E-state index contributed by atoms with van der Waals surface area (Å²) >= 11 is 0. The van der Waals surface area contributed by atoms with Gasteiger partial charge < -0.3 is 9.47 Å². The minimum absolute atomic E-state index is 0.0282. The number of fused-ring (bicyclic) bond motifs is 6. The van der Waals surface area contributed by atoms with Gasteiger partial charge in [0.2, 0.25) is 0 Å². The Kier molecular flexibility index (Phi) is 6.83. The molecule has 1 unspecified atom stereocenters. The first-order valence-corrected chi connectivity index (χ1v) is 14.1. The molecule has 0 bridgehead atoms. The monoisotopic (exact) mass is 657 g/mol. The van der Waals surface area contributed by atoms with Crippen LogP contribution in [-0.2, 0) is 0 Å². The maximum Gasteiger partial charge on any atom is 0.461 e. The van der Waals surface area contributed by atoms with E-state index in [1.54, 1.807) is 36.4 Å². The van der Waals surface area contributed by atoms with Gasteiger partial charge in [-0.25, -0.2) is 43.9 Å². The third kappa shape index (κ3) is 3.92. The van der Waals surface area contributed by atoms with Gasteiger partial charge in [0.1, 0.15) is 34.7 Å². The predicted octanol–water partition coefficient (Wildman–Crippen LogP) is 7.50. The molecule has 238 valence electrons. The highest BCUT2D eigenvalue weighted by Gasteiger charge is 2.61. The minimum Gasteiger partial charge on any atom is -0.653 e. The Labute approximate surface area is 259 Å². The molecule has 1 aliphatic heterocycles. The molecule has 0 radical (unpaired) electrons. The lowest BCUT2D eigenvalue weighted by molar-refractivity contribution is -0.637. The summed E-state index contributed by atoms with van der Waals surface area (Å²) in [4.78, 5) is -0.538. The van der Waals surface area contributed by atoms with Crippen molar-refractivity contribution in [3.63, 3.8) is 0 Å². The number of hydrogen-bond acceptors (Lipinski definition) is 1. The van der Waals surface area contributed by atoms with Crippen molar-refractivity contribution < 1.29 is 53.4 Å². The van der Waals surface area contributed by atoms with Gasteiger partial charge in [0, 0.05) is 21.9 Å². The largest absolute Gasteiger partial charge is 0.653 e. The number of aryl methyl sites for hydroxylation is 2. The van der Waals surface area contributed by atoms with Gasteiger partial charge >= 0.3 is 6.48 Å². The molecule has 0 aliphatic carbocycles. The van der Waals surface area contributed by atoms with E-state index in [-0.39, 0.29) is 39.0 Å². The predicted molar refractivity (Wildman–Crippen MR) is 156 cm³/mol. The lowest BCUT2D eigenvalue weighted by Gasteiger charge is -2.42. The van der Waals surface area contributed by atoms with Crippen molar-refractivity contribution in [2.45, 2.75) is 13.8 Å². The Morgan fingerprint density at radius 3 is 1.23 bits per heavy atom. The van der Waals surface area contributed by atoms with Gasteiger partial charge in [-0.05, 0) is 41.6 Å². The number of hydrogen-bond donors (Lipinski definition) is 1. The molecule has 1 N–H and O–H groups in total. The molecule has 6 aromatic rings. The third-order valence-corrected chi connectivity index (χ3v) is 8.91. The van der Waals surface area contributed by atoms with E-state index >= 15 is 35.1 Å². The first kappa shape index (κ1) is 30.6. The Hall–Kier alpha value is -5.04. The zero-order valence-corrected chi connectivity index (χ0v) is 24.1. The Balaban J connectivity index is 1.83. The van der Waals surface area contributed by atoms with Crippen molar-refractivity contribution in [3.8, 4) is 5.75 Å². The van der Waals surface area contributed by atoms with Crippen LogP contribution in [0.2, 0.25) is 0 Å². The molecule has 6 aromatic carbocycles. The van der Waals surface area contributed by atoms with Gasteiger partial charge in [-0.1, -0.05) is 60.7 Å². The molecule has 0 spiro atoms. The number of quaternary nitrogens is 1. The SMILES string of the molecule is Cc1cccc(C)c1[NH+]1c2c(c3ccccc3c3ccccc23)O[B-]1(c1c(F)c(F)c(F)c(F)c1F)c1c(F)c(F)c(F)c(F)c1F. The van der Waals surface area contributed by atoms with Crippen LogP contribution < -0.4 is 20.4 Å². The van der Waals surface area contributed by atoms with Crippen LogP contribution in [0, 0.1) is 72.0 Å². The summed E-state index contributed by atoms with van der Waals surface area (Å²) in [5, 5.41) is 1.34. The maximum absolute atomic E-state index is 16.2. The van der Waals surface area contributed by atoms with Crippen LogP contribution in [0.5, 0.6) is 5.75 Å². The average Bonchev–Trinajstić information content (AvgIpc) is 3.40. The molecule has 2 nitrogen and oxygen atoms in total. The topological polar surface area (TPSA) is 13.7 Å². The van der Waals surface area contributed by atoms with Crippen molar-refractivity contribution in [3.05, 3.63) is 136 Å². The molecule has 1 heterocycles. The first-order valence-electron chi connectivity index (χ1n) is 14.1. The standard InChI is InChI=1S/C34H18BF10NO/c1-14-8-7-9-15(2)32(14)46-33-18-12-5-3-10-16(18)17-11-4-6-13-19(17)34(33)47-35(46,20-22(36)26(40)30(44)27(41)23(20)37)21-24(38)28(42)31(45)29(43)25(21)39/h3-13,46H,1-2H3. The van der Waals surface area contributed by atoms with E-state index in [9.17, 15) is 8.78 Å². The van der Waals surface area contributed by atoms with E-state index in [0.29, 0.717) is 10.8 Å². The second-order valence-corrected chi connectivity index (χ2v) is 11.3. The third-order valence-electron chi connectivity index (χ3n) is 8.91. The van der Waals surface area contributed by atoms with Crippen molar-refractivity contribution in [2.75, 3.05) is 0 Å². The average molecular weight is 657 g/mol. The van der Waals surface area contributed by atoms with Crippen LogP contribution in [0.3, 0.4) is 0 Å². The molecule has 0 saturated heterocycles. The van der Waals surface area contributed by atoms with Crippen LogP contribution in [0.15, 0.2) is 66.7 Å². The minimum atomic E-state index is -4.76. The molecular weight excluding hydrogens is 639 g/mol. The Bertz CT molecular complexity index is 2200. The molecular formula is C34H18BF10NO. The van der Waals surface area contributed by atoms with Gasteiger partial charge in [0.05, 0.1) is 5.69 Å². The Morgan fingerprint density at radius 2 is 0.787 bits per heavy atom. The smallest absolute Gasteiger partial charge is 0.461 e. The van der Waals surface area contributed by atoms with Gasteiger partial charge in [-0.15, -0.1) is 0 Å². The number of halogens is 10. The summed E-state index contributed by atoms with van der Waals surface area (Å²) < 4.78 is 160. The number of nitrogens with one attached hydrogen (secondary N) is 1. The highest BCUT2D eigenvalue weighted by molar-refractivity contribution is 6.93. The molecule has 13 heteroatoms. The van der Waals surface area contributed by atoms with Crippen LogP contribution in [0.25, 0.3) is 21.5 Å². The van der Waals surface area contributed by atoms with Gasteiger partial charge in [-0.3, -0.25) is 0 Å². The zero-order valence-electron chi connectivity index (χ0n) is 24.1. The van der Waals surface area contributed by atoms with E-state index in [4.69, 9.17) is 4.65 Å². The second-order valence-electron chi connectivity index (χ2n) is 11.3. The molecule has 7 rings (SSSR count). The second kappa shape index (κ2) is 10.5. The normalized spacial score (nSPS) is 15.4. The van der Waals surface area contributed by atoms with Crippen LogP contribution >= 0.6 is 0 Å². The van der Waals surface area contributed by atoms with E-state index in [1.807, 2.05) is 0 Å². The van der Waals surface area contributed by atoms with Crippen LogP contribution in [-0.4, -0.2) is 6.48 Å². The fourth-order valence-electron chi connectivity index (χ4n) is 7.01. The Morgan fingerprint density at radius 1 is 0.426 bits per heavy atom. The van der Waals surface area contributed by atoms with Crippen LogP contribution in [0.1, 0.15) is 11.1 Å². The molecule has 47 heavy (non-hydrogen) atoms. The van der Waals surface area contributed by atoms with E-state index in [0.717, 1.165) is 0 Å². The lowest BCUT2D eigenvalue weighted by atomic mass is 9.39. The van der Waals surface area contributed by atoms with E-state index < -0.39 is 80.4 Å². The quantitative estimate of drug-likeness (QED) is 0.0685. The number of benzene rings is 6. The van der Waals surface area contributed by atoms with Crippen LogP contribution in [0.4, 0.5) is 55.3 Å². The maximum atomic E-state index is 16.2. The van der Waals surface area contributed by atoms with Crippen molar-refractivity contribution in [2.24, 2.45) is 0 Å². The van der Waals surface area contributed by atoms with E-state index in [1.165, 1.54) is 44.2 Å². The first-order chi connectivity index (χ1) is 22.3. The fourth-order valence-corrected chi connectivity index (χ4v) is 7.01. The van der Waals surface area contributed by atoms with Crippen molar-refractivity contribution in [1.29, 1.82) is 0 Å². The summed E-state index contributed by atoms with van der Waals surface area (Å²) in [6.45, 7) is -1.77. The van der Waals surface area contributed by atoms with Crippen molar-refractivity contribution >= 4 is 50.3 Å². The fraction of sp³-hybridized carbons (Fsp3) is 0.0588. The summed E-state index contributed by atoms with van der Waals surface area (Å²) in [6.07, 6.45) is 0. The molecule has 1 atom stereocenters.